The fraction of sp³-hybridized carbons (Fsp3) is 0.294. The van der Waals surface area contributed by atoms with Gasteiger partial charge in [-0.05, 0) is 73.2 Å². The van der Waals surface area contributed by atoms with Gasteiger partial charge in [0.1, 0.15) is 6.10 Å². The minimum atomic E-state index is -0.563. The maximum Gasteiger partial charge on any atom is 0.105 e. The Balaban J connectivity index is 2.55. The molecule has 0 aliphatic rings. The molecule has 0 saturated carbocycles. The summed E-state index contributed by atoms with van der Waals surface area (Å²) in [6.07, 6.45) is -0.563. The molecule has 1 unspecified atom stereocenters. The van der Waals surface area contributed by atoms with E-state index in [0.717, 1.165) is 15.6 Å². The zero-order valence-corrected chi connectivity index (χ0v) is 13.4. The number of rotatable bonds is 2. The normalized spacial score (nSPS) is 12.5. The molecule has 19 heavy (non-hydrogen) atoms. The van der Waals surface area contributed by atoms with Crippen LogP contribution in [0.4, 0.5) is 0 Å². The first kappa shape index (κ1) is 14.3. The van der Waals surface area contributed by atoms with Gasteiger partial charge in [-0.2, -0.15) is 0 Å². The van der Waals surface area contributed by atoms with E-state index >= 15 is 0 Å². The Morgan fingerprint density at radius 1 is 0.895 bits per heavy atom. The lowest BCUT2D eigenvalue weighted by Crippen LogP contribution is -2.07. The van der Waals surface area contributed by atoms with E-state index in [-0.39, 0.29) is 0 Å². The third-order valence-electron chi connectivity index (χ3n) is 3.88. The lowest BCUT2D eigenvalue weighted by atomic mass is 9.88. The highest BCUT2D eigenvalue weighted by Crippen LogP contribution is 2.31. The molecule has 0 amide bonds. The van der Waals surface area contributed by atoms with Crippen LogP contribution < -0.4 is 0 Å². The van der Waals surface area contributed by atoms with E-state index in [1.54, 1.807) is 0 Å². The first-order valence-electron chi connectivity index (χ1n) is 6.42. The van der Waals surface area contributed by atoms with Crippen LogP contribution in [0.3, 0.4) is 0 Å². The van der Waals surface area contributed by atoms with E-state index < -0.39 is 6.10 Å². The number of hydrogen-bond donors (Lipinski definition) is 1. The Labute approximate surface area is 123 Å². The van der Waals surface area contributed by atoms with Crippen molar-refractivity contribution in [3.05, 3.63) is 68.2 Å². The van der Waals surface area contributed by atoms with Crippen LogP contribution in [-0.2, 0) is 0 Å². The van der Waals surface area contributed by atoms with E-state index in [0.29, 0.717) is 0 Å². The number of aryl methyl sites for hydroxylation is 2. The van der Waals surface area contributed by atoms with E-state index in [1.807, 2.05) is 24.3 Å². The SMILES string of the molecule is Cc1cc(C)c(C)c(C(O)c2ccc(Br)cc2)c1C. The lowest BCUT2D eigenvalue weighted by Gasteiger charge is -2.20. The van der Waals surface area contributed by atoms with Gasteiger partial charge >= 0.3 is 0 Å². The van der Waals surface area contributed by atoms with E-state index in [4.69, 9.17) is 0 Å². The highest BCUT2D eigenvalue weighted by molar-refractivity contribution is 9.10. The molecule has 0 bridgehead atoms. The van der Waals surface area contributed by atoms with Gasteiger partial charge in [-0.3, -0.25) is 0 Å². The second-order valence-electron chi connectivity index (χ2n) is 5.13. The van der Waals surface area contributed by atoms with Crippen molar-refractivity contribution >= 4 is 15.9 Å². The molecule has 1 atom stereocenters. The van der Waals surface area contributed by atoms with Crippen molar-refractivity contribution in [3.63, 3.8) is 0 Å². The fourth-order valence-corrected chi connectivity index (χ4v) is 2.73. The molecule has 2 rings (SSSR count). The molecule has 0 heterocycles. The summed E-state index contributed by atoms with van der Waals surface area (Å²) < 4.78 is 1.03. The molecule has 0 aliphatic heterocycles. The summed E-state index contributed by atoms with van der Waals surface area (Å²) in [6.45, 7) is 8.36. The van der Waals surface area contributed by atoms with E-state index in [1.165, 1.54) is 22.3 Å². The maximum absolute atomic E-state index is 10.7. The second kappa shape index (κ2) is 5.48. The summed E-state index contributed by atoms with van der Waals surface area (Å²) in [6, 6.07) is 10.0. The standard InChI is InChI=1S/C17H19BrO/c1-10-9-11(2)13(4)16(12(10)3)17(19)14-5-7-15(18)8-6-14/h5-9,17,19H,1-4H3. The Morgan fingerprint density at radius 3 is 1.84 bits per heavy atom. The summed E-state index contributed by atoms with van der Waals surface area (Å²) in [5, 5.41) is 10.7. The van der Waals surface area contributed by atoms with Crippen LogP contribution in [0.5, 0.6) is 0 Å². The Hall–Kier alpha value is -1.12. The van der Waals surface area contributed by atoms with Crippen LogP contribution >= 0.6 is 15.9 Å². The Kier molecular flexibility index (Phi) is 4.12. The van der Waals surface area contributed by atoms with Crippen LogP contribution in [0.25, 0.3) is 0 Å². The van der Waals surface area contributed by atoms with Crippen molar-refractivity contribution in [2.24, 2.45) is 0 Å². The topological polar surface area (TPSA) is 20.2 Å². The number of halogens is 1. The number of aliphatic hydroxyl groups is 1. The van der Waals surface area contributed by atoms with Crippen molar-refractivity contribution < 1.29 is 5.11 Å². The third kappa shape index (κ3) is 2.75. The van der Waals surface area contributed by atoms with Gasteiger partial charge in [-0.15, -0.1) is 0 Å². The minimum Gasteiger partial charge on any atom is -0.384 e. The fourth-order valence-electron chi connectivity index (χ4n) is 2.47. The summed E-state index contributed by atoms with van der Waals surface area (Å²) in [5.74, 6) is 0. The van der Waals surface area contributed by atoms with Crippen LogP contribution in [0.1, 0.15) is 39.5 Å². The van der Waals surface area contributed by atoms with Crippen molar-refractivity contribution in [2.45, 2.75) is 33.8 Å². The summed E-state index contributed by atoms with van der Waals surface area (Å²) in [5.41, 5.74) is 6.79. The van der Waals surface area contributed by atoms with Crippen molar-refractivity contribution in [3.8, 4) is 0 Å². The van der Waals surface area contributed by atoms with Gasteiger partial charge in [-0.1, -0.05) is 34.1 Å². The predicted octanol–water partition coefficient (Wildman–Crippen LogP) is 4.76. The average Bonchev–Trinajstić information content (AvgIpc) is 2.37. The second-order valence-corrected chi connectivity index (χ2v) is 6.04. The molecular weight excluding hydrogens is 300 g/mol. The Bertz CT molecular complexity index is 573. The quantitative estimate of drug-likeness (QED) is 0.846. The van der Waals surface area contributed by atoms with Crippen LogP contribution in [0.15, 0.2) is 34.8 Å². The number of hydrogen-bond acceptors (Lipinski definition) is 1. The third-order valence-corrected chi connectivity index (χ3v) is 4.41. The number of aliphatic hydroxyl groups excluding tert-OH is 1. The molecule has 0 aromatic heterocycles. The first-order valence-corrected chi connectivity index (χ1v) is 7.22. The van der Waals surface area contributed by atoms with Crippen LogP contribution in [0.2, 0.25) is 0 Å². The summed E-state index contributed by atoms with van der Waals surface area (Å²) in [4.78, 5) is 0. The molecule has 0 spiro atoms. The highest BCUT2D eigenvalue weighted by atomic mass is 79.9. The van der Waals surface area contributed by atoms with Crippen molar-refractivity contribution in [2.75, 3.05) is 0 Å². The zero-order chi connectivity index (χ0) is 14.2. The first-order chi connectivity index (χ1) is 8.91. The van der Waals surface area contributed by atoms with Crippen molar-refractivity contribution in [1.82, 2.24) is 0 Å². The lowest BCUT2D eigenvalue weighted by molar-refractivity contribution is 0.218. The van der Waals surface area contributed by atoms with Gasteiger partial charge in [0.05, 0.1) is 0 Å². The predicted molar refractivity (Wildman–Crippen MR) is 83.6 cm³/mol. The molecule has 2 heteroatoms. The molecular formula is C17H19BrO. The highest BCUT2D eigenvalue weighted by Gasteiger charge is 2.17. The van der Waals surface area contributed by atoms with Gasteiger partial charge in [0.2, 0.25) is 0 Å². The molecule has 0 fully saturated rings. The van der Waals surface area contributed by atoms with Gasteiger partial charge in [-0.25, -0.2) is 0 Å². The molecule has 2 aromatic carbocycles. The van der Waals surface area contributed by atoms with Crippen LogP contribution in [-0.4, -0.2) is 5.11 Å². The van der Waals surface area contributed by atoms with Crippen LogP contribution in [0, 0.1) is 27.7 Å². The largest absolute Gasteiger partial charge is 0.384 e. The van der Waals surface area contributed by atoms with Gasteiger partial charge in [0, 0.05) is 4.47 Å². The monoisotopic (exact) mass is 318 g/mol. The zero-order valence-electron chi connectivity index (χ0n) is 11.8. The molecule has 0 saturated heterocycles. The molecule has 2 aromatic rings. The summed E-state index contributed by atoms with van der Waals surface area (Å²) >= 11 is 3.42. The molecule has 0 radical (unpaired) electrons. The maximum atomic E-state index is 10.7. The number of benzene rings is 2. The van der Waals surface area contributed by atoms with Crippen molar-refractivity contribution in [1.29, 1.82) is 0 Å². The van der Waals surface area contributed by atoms with E-state index in [2.05, 4.69) is 49.7 Å². The molecule has 100 valence electrons. The molecule has 0 aliphatic carbocycles. The van der Waals surface area contributed by atoms with Gasteiger partial charge in [0.15, 0.2) is 0 Å². The minimum absolute atomic E-state index is 0.563. The van der Waals surface area contributed by atoms with E-state index in [9.17, 15) is 5.11 Å². The molecule has 1 N–H and O–H groups in total. The summed E-state index contributed by atoms with van der Waals surface area (Å²) in [7, 11) is 0. The molecule has 1 nitrogen and oxygen atoms in total. The Morgan fingerprint density at radius 2 is 1.37 bits per heavy atom. The smallest absolute Gasteiger partial charge is 0.105 e. The van der Waals surface area contributed by atoms with Gasteiger partial charge < -0.3 is 5.11 Å². The van der Waals surface area contributed by atoms with Gasteiger partial charge in [0.25, 0.3) is 0 Å². The average molecular weight is 319 g/mol.